The SMILES string of the molecule is C=CCCC(=[N])CCC(=O)OC. The number of carbonyl (C=O) groups excluding carboxylic acids is 1. The average molecular weight is 168 g/mol. The zero-order valence-electron chi connectivity index (χ0n) is 7.38. The minimum atomic E-state index is -0.292. The molecule has 3 nitrogen and oxygen atoms in total. The first-order valence-corrected chi connectivity index (χ1v) is 3.92. The molecule has 0 aromatic heterocycles. The largest absolute Gasteiger partial charge is 0.469 e. The van der Waals surface area contributed by atoms with Gasteiger partial charge in [-0.25, -0.2) is 0 Å². The highest BCUT2D eigenvalue weighted by molar-refractivity contribution is 5.85. The molecule has 0 rings (SSSR count). The molecule has 0 heterocycles. The van der Waals surface area contributed by atoms with Crippen LogP contribution < -0.4 is 5.41 Å². The lowest BCUT2D eigenvalue weighted by Crippen LogP contribution is -2.06. The van der Waals surface area contributed by atoms with Gasteiger partial charge in [-0.3, -0.25) is 4.79 Å². The molecule has 0 fully saturated rings. The minimum absolute atomic E-state index is 0.249. The van der Waals surface area contributed by atoms with Crippen LogP contribution in [0.1, 0.15) is 25.7 Å². The van der Waals surface area contributed by atoms with Crippen LogP contribution in [0.4, 0.5) is 0 Å². The van der Waals surface area contributed by atoms with Gasteiger partial charge < -0.3 is 4.74 Å². The predicted octanol–water partition coefficient (Wildman–Crippen LogP) is 1.15. The van der Waals surface area contributed by atoms with Crippen molar-refractivity contribution in [1.29, 1.82) is 0 Å². The van der Waals surface area contributed by atoms with Crippen molar-refractivity contribution in [3.05, 3.63) is 12.7 Å². The summed E-state index contributed by atoms with van der Waals surface area (Å²) >= 11 is 0. The summed E-state index contributed by atoms with van der Waals surface area (Å²) in [7, 11) is 1.34. The number of ether oxygens (including phenoxy) is 1. The van der Waals surface area contributed by atoms with Gasteiger partial charge in [-0.1, -0.05) is 6.08 Å². The number of esters is 1. The van der Waals surface area contributed by atoms with Crippen LogP contribution in [0.15, 0.2) is 12.7 Å². The second kappa shape index (κ2) is 6.58. The number of hydrogen-bond acceptors (Lipinski definition) is 2. The number of allylic oxidation sites excluding steroid dienone is 1. The van der Waals surface area contributed by atoms with Crippen molar-refractivity contribution < 1.29 is 9.53 Å². The first kappa shape index (κ1) is 10.9. The summed E-state index contributed by atoms with van der Waals surface area (Å²) in [5.41, 5.74) is 0.334. The van der Waals surface area contributed by atoms with Gasteiger partial charge in [0.25, 0.3) is 0 Å². The van der Waals surface area contributed by atoms with E-state index in [1.807, 2.05) is 0 Å². The Morgan fingerprint density at radius 2 is 2.17 bits per heavy atom. The molecule has 0 aromatic rings. The molecule has 0 N–H and O–H groups in total. The molecule has 12 heavy (non-hydrogen) atoms. The fourth-order valence-electron chi connectivity index (χ4n) is 0.742. The maximum absolute atomic E-state index is 10.6. The van der Waals surface area contributed by atoms with Crippen molar-refractivity contribution in [2.45, 2.75) is 25.7 Å². The van der Waals surface area contributed by atoms with Crippen molar-refractivity contribution >= 4 is 11.7 Å². The minimum Gasteiger partial charge on any atom is -0.469 e. The van der Waals surface area contributed by atoms with E-state index in [0.29, 0.717) is 18.6 Å². The summed E-state index contributed by atoms with van der Waals surface area (Å²) < 4.78 is 4.42. The summed E-state index contributed by atoms with van der Waals surface area (Å²) in [6.45, 7) is 3.53. The van der Waals surface area contributed by atoms with Gasteiger partial charge in [0.2, 0.25) is 0 Å². The van der Waals surface area contributed by atoms with Gasteiger partial charge in [0, 0.05) is 5.71 Å². The summed E-state index contributed by atoms with van der Waals surface area (Å²) in [6.07, 6.45) is 3.70. The van der Waals surface area contributed by atoms with Crippen molar-refractivity contribution in [1.82, 2.24) is 5.41 Å². The van der Waals surface area contributed by atoms with Gasteiger partial charge in [-0.15, -0.1) is 6.58 Å². The molecule has 67 valence electrons. The Morgan fingerprint density at radius 1 is 1.50 bits per heavy atom. The van der Waals surface area contributed by atoms with Crippen molar-refractivity contribution in [2.24, 2.45) is 0 Å². The third kappa shape index (κ3) is 5.65. The summed E-state index contributed by atoms with van der Waals surface area (Å²) in [6, 6.07) is 0. The van der Waals surface area contributed by atoms with E-state index in [0.717, 1.165) is 6.42 Å². The van der Waals surface area contributed by atoms with E-state index in [2.05, 4.69) is 11.3 Å². The highest BCUT2D eigenvalue weighted by Crippen LogP contribution is 1.99. The summed E-state index contributed by atoms with van der Waals surface area (Å²) in [5.74, 6) is -0.292. The lowest BCUT2D eigenvalue weighted by molar-refractivity contribution is -0.140. The first-order chi connectivity index (χ1) is 5.70. The van der Waals surface area contributed by atoms with Crippen molar-refractivity contribution in [3.63, 3.8) is 0 Å². The fourth-order valence-corrected chi connectivity index (χ4v) is 0.742. The third-order valence-corrected chi connectivity index (χ3v) is 1.48. The quantitative estimate of drug-likeness (QED) is 0.339. The Bertz CT molecular complexity index is 175. The lowest BCUT2D eigenvalue weighted by Gasteiger charge is -1.99. The average Bonchev–Trinajstić information content (AvgIpc) is 2.10. The first-order valence-electron chi connectivity index (χ1n) is 3.92. The molecule has 0 aliphatic heterocycles. The number of methoxy groups -OCH3 is 1. The predicted molar refractivity (Wildman–Crippen MR) is 47.8 cm³/mol. The van der Waals surface area contributed by atoms with Gasteiger partial charge in [0.1, 0.15) is 0 Å². The van der Waals surface area contributed by atoms with E-state index >= 15 is 0 Å². The van der Waals surface area contributed by atoms with Crippen LogP contribution in [0, 0.1) is 0 Å². The second-order valence-corrected chi connectivity index (χ2v) is 2.47. The van der Waals surface area contributed by atoms with Crippen LogP contribution >= 0.6 is 0 Å². The molecule has 0 aliphatic carbocycles. The Labute approximate surface area is 72.9 Å². The number of hydrogen-bond donors (Lipinski definition) is 0. The normalized spacial score (nSPS) is 9.08. The molecule has 0 saturated heterocycles. The Kier molecular flexibility index (Phi) is 5.97. The highest BCUT2D eigenvalue weighted by atomic mass is 16.5. The number of nitrogens with zero attached hydrogens (tertiary/aromatic N) is 1. The van der Waals surface area contributed by atoms with E-state index in [1.54, 1.807) is 6.08 Å². The zero-order chi connectivity index (χ0) is 9.40. The molecule has 0 unspecified atom stereocenters. The van der Waals surface area contributed by atoms with Crippen LogP contribution in [0.2, 0.25) is 0 Å². The molecule has 0 bridgehead atoms. The van der Waals surface area contributed by atoms with Crippen LogP contribution in [-0.2, 0) is 9.53 Å². The van der Waals surface area contributed by atoms with Gasteiger partial charge >= 0.3 is 5.97 Å². The topological polar surface area (TPSA) is 48.6 Å². The molecule has 0 aliphatic rings. The monoisotopic (exact) mass is 168 g/mol. The van der Waals surface area contributed by atoms with E-state index in [9.17, 15) is 10.2 Å². The van der Waals surface area contributed by atoms with Gasteiger partial charge in [-0.05, 0) is 19.3 Å². The molecule has 0 amide bonds. The molecule has 0 aromatic carbocycles. The van der Waals surface area contributed by atoms with E-state index in [4.69, 9.17) is 0 Å². The maximum Gasteiger partial charge on any atom is 0.305 e. The van der Waals surface area contributed by atoms with Crippen LogP contribution in [0.3, 0.4) is 0 Å². The van der Waals surface area contributed by atoms with Gasteiger partial charge in [0.05, 0.1) is 13.5 Å². The third-order valence-electron chi connectivity index (χ3n) is 1.48. The summed E-state index contributed by atoms with van der Waals surface area (Å²) in [4.78, 5) is 10.6. The van der Waals surface area contributed by atoms with Crippen LogP contribution in [0.5, 0.6) is 0 Å². The Hall–Kier alpha value is -1.12. The van der Waals surface area contributed by atoms with Gasteiger partial charge in [0.15, 0.2) is 0 Å². The molecule has 0 saturated carbocycles. The van der Waals surface area contributed by atoms with E-state index in [-0.39, 0.29) is 12.4 Å². The maximum atomic E-state index is 10.6. The van der Waals surface area contributed by atoms with Gasteiger partial charge in [-0.2, -0.15) is 5.41 Å². The molecule has 1 radical (unpaired) electrons. The zero-order valence-corrected chi connectivity index (χ0v) is 7.38. The second-order valence-electron chi connectivity index (χ2n) is 2.47. The number of rotatable bonds is 6. The summed E-state index contributed by atoms with van der Waals surface area (Å²) in [5, 5.41) is 9.19. The van der Waals surface area contributed by atoms with Crippen LogP contribution in [-0.4, -0.2) is 18.8 Å². The highest BCUT2D eigenvalue weighted by Gasteiger charge is 2.03. The molecule has 0 spiro atoms. The smallest absolute Gasteiger partial charge is 0.305 e. The van der Waals surface area contributed by atoms with E-state index < -0.39 is 0 Å². The Morgan fingerprint density at radius 3 is 2.67 bits per heavy atom. The standard InChI is InChI=1S/C9H14NO2/c1-3-4-5-8(10)6-7-9(11)12-2/h3H,1,4-7H2,2H3. The van der Waals surface area contributed by atoms with Crippen LogP contribution in [0.25, 0.3) is 0 Å². The van der Waals surface area contributed by atoms with Crippen molar-refractivity contribution in [3.8, 4) is 0 Å². The molecule has 3 heteroatoms. The number of carbonyl (C=O) groups is 1. The lowest BCUT2D eigenvalue weighted by atomic mass is 10.1. The Balaban J connectivity index is 3.43. The fraction of sp³-hybridized carbons (Fsp3) is 0.556. The van der Waals surface area contributed by atoms with Crippen molar-refractivity contribution in [2.75, 3.05) is 7.11 Å². The van der Waals surface area contributed by atoms with E-state index in [1.165, 1.54) is 7.11 Å². The molecule has 0 atom stereocenters. The molecular formula is C9H14NO2. The molecular weight excluding hydrogens is 154 g/mol.